The summed E-state index contributed by atoms with van der Waals surface area (Å²) in [5.74, 6) is 0.513. The Morgan fingerprint density at radius 1 is 1.24 bits per heavy atom. The van der Waals surface area contributed by atoms with Crippen LogP contribution in [-0.4, -0.2) is 0 Å². The number of fused-ring (bicyclic) bond motifs is 2. The second kappa shape index (κ2) is 3.94. The zero-order valence-electron chi connectivity index (χ0n) is 10.6. The molecule has 0 fully saturated rings. The number of aryl methyl sites for hydroxylation is 2. The highest BCUT2D eigenvalue weighted by molar-refractivity contribution is 5.53. The van der Waals surface area contributed by atoms with Gasteiger partial charge in [-0.25, -0.2) is 0 Å². The van der Waals surface area contributed by atoms with E-state index in [9.17, 15) is 4.91 Å². The highest BCUT2D eigenvalue weighted by Gasteiger charge is 2.31. The zero-order chi connectivity index (χ0) is 12.0. The summed E-state index contributed by atoms with van der Waals surface area (Å²) in [7, 11) is 0. The SMILES string of the molecule is CC(C)c1c2c(cc3c1C(N=O)CC3)CCC2. The van der Waals surface area contributed by atoms with Gasteiger partial charge in [0.15, 0.2) is 0 Å². The van der Waals surface area contributed by atoms with E-state index >= 15 is 0 Å². The van der Waals surface area contributed by atoms with E-state index in [0.717, 1.165) is 12.8 Å². The molecule has 0 spiro atoms. The van der Waals surface area contributed by atoms with Gasteiger partial charge < -0.3 is 0 Å². The Balaban J connectivity index is 2.25. The zero-order valence-corrected chi connectivity index (χ0v) is 10.6. The summed E-state index contributed by atoms with van der Waals surface area (Å²) in [6.07, 6.45) is 5.65. The van der Waals surface area contributed by atoms with Crippen LogP contribution >= 0.6 is 0 Å². The Kier molecular flexibility index (Phi) is 2.53. The molecule has 90 valence electrons. The Hall–Kier alpha value is -1.18. The van der Waals surface area contributed by atoms with Crippen LogP contribution in [0.3, 0.4) is 0 Å². The minimum atomic E-state index is -0.0756. The van der Waals surface area contributed by atoms with Crippen molar-refractivity contribution in [1.82, 2.24) is 0 Å². The van der Waals surface area contributed by atoms with Crippen LogP contribution in [0, 0.1) is 4.91 Å². The van der Waals surface area contributed by atoms with Crippen molar-refractivity contribution in [2.45, 2.75) is 57.9 Å². The van der Waals surface area contributed by atoms with Crippen molar-refractivity contribution >= 4 is 0 Å². The van der Waals surface area contributed by atoms with Crippen LogP contribution in [0.5, 0.6) is 0 Å². The van der Waals surface area contributed by atoms with Crippen molar-refractivity contribution in [3.05, 3.63) is 38.8 Å². The quantitative estimate of drug-likeness (QED) is 0.703. The minimum Gasteiger partial charge on any atom is -0.150 e. The third kappa shape index (κ3) is 1.54. The van der Waals surface area contributed by atoms with Crippen molar-refractivity contribution in [2.75, 3.05) is 0 Å². The standard InChI is InChI=1S/C15H19NO/c1-9(2)14-12-5-3-4-10(12)8-11-6-7-13(16-17)15(11)14/h8-9,13H,3-7H2,1-2H3. The van der Waals surface area contributed by atoms with Gasteiger partial charge >= 0.3 is 0 Å². The number of benzene rings is 1. The molecule has 2 aliphatic rings. The van der Waals surface area contributed by atoms with Crippen molar-refractivity contribution in [3.8, 4) is 0 Å². The first-order valence-electron chi connectivity index (χ1n) is 6.72. The molecule has 1 aromatic rings. The van der Waals surface area contributed by atoms with E-state index in [-0.39, 0.29) is 6.04 Å². The third-order valence-electron chi connectivity index (χ3n) is 4.30. The maximum absolute atomic E-state index is 11.0. The van der Waals surface area contributed by atoms with Gasteiger partial charge in [0.2, 0.25) is 0 Å². The molecule has 0 saturated carbocycles. The van der Waals surface area contributed by atoms with E-state index in [2.05, 4.69) is 25.1 Å². The molecular formula is C15H19NO. The van der Waals surface area contributed by atoms with Crippen molar-refractivity contribution in [2.24, 2.45) is 5.18 Å². The van der Waals surface area contributed by atoms with Gasteiger partial charge in [-0.15, -0.1) is 0 Å². The van der Waals surface area contributed by atoms with Gasteiger partial charge in [-0.3, -0.25) is 0 Å². The van der Waals surface area contributed by atoms with Gasteiger partial charge in [-0.2, -0.15) is 4.91 Å². The van der Waals surface area contributed by atoms with Crippen LogP contribution in [0.25, 0.3) is 0 Å². The minimum absolute atomic E-state index is 0.0756. The topological polar surface area (TPSA) is 29.4 Å². The molecule has 17 heavy (non-hydrogen) atoms. The Bertz CT molecular complexity index is 476. The lowest BCUT2D eigenvalue weighted by Gasteiger charge is -2.19. The molecule has 0 heterocycles. The lowest BCUT2D eigenvalue weighted by atomic mass is 9.86. The lowest BCUT2D eigenvalue weighted by Crippen LogP contribution is -2.04. The first-order valence-corrected chi connectivity index (χ1v) is 6.72. The van der Waals surface area contributed by atoms with Crippen molar-refractivity contribution < 1.29 is 0 Å². The molecule has 0 aliphatic heterocycles. The molecule has 2 aliphatic carbocycles. The monoisotopic (exact) mass is 229 g/mol. The predicted octanol–water partition coefficient (Wildman–Crippen LogP) is 4.05. The van der Waals surface area contributed by atoms with Gasteiger partial charge in [0.05, 0.1) is 0 Å². The Morgan fingerprint density at radius 3 is 2.76 bits per heavy atom. The summed E-state index contributed by atoms with van der Waals surface area (Å²) in [4.78, 5) is 11.0. The summed E-state index contributed by atoms with van der Waals surface area (Å²) in [5.41, 5.74) is 7.22. The molecule has 0 radical (unpaired) electrons. The van der Waals surface area contributed by atoms with Crippen LogP contribution in [0.2, 0.25) is 0 Å². The molecule has 0 aromatic heterocycles. The van der Waals surface area contributed by atoms with E-state index in [1.54, 1.807) is 5.56 Å². The Labute approximate surface area is 102 Å². The first kappa shape index (κ1) is 10.9. The predicted molar refractivity (Wildman–Crippen MR) is 69.4 cm³/mol. The van der Waals surface area contributed by atoms with Crippen molar-refractivity contribution in [3.63, 3.8) is 0 Å². The van der Waals surface area contributed by atoms with Crippen LogP contribution in [0.15, 0.2) is 11.2 Å². The molecule has 0 saturated heterocycles. The third-order valence-corrected chi connectivity index (χ3v) is 4.30. The number of hydrogen-bond donors (Lipinski definition) is 0. The van der Waals surface area contributed by atoms with Gasteiger partial charge in [0.1, 0.15) is 6.04 Å². The molecule has 2 heteroatoms. The number of hydrogen-bond acceptors (Lipinski definition) is 2. The van der Waals surface area contributed by atoms with Crippen molar-refractivity contribution in [1.29, 1.82) is 0 Å². The normalized spacial score (nSPS) is 21.7. The maximum atomic E-state index is 11.0. The summed E-state index contributed by atoms with van der Waals surface area (Å²) >= 11 is 0. The van der Waals surface area contributed by atoms with Gasteiger partial charge in [0.25, 0.3) is 0 Å². The molecule has 0 amide bonds. The number of rotatable bonds is 2. The summed E-state index contributed by atoms with van der Waals surface area (Å²) < 4.78 is 0. The molecule has 1 atom stereocenters. The van der Waals surface area contributed by atoms with Crippen LogP contribution in [-0.2, 0) is 19.3 Å². The molecule has 1 unspecified atom stereocenters. The summed E-state index contributed by atoms with van der Waals surface area (Å²) in [6.45, 7) is 4.49. The van der Waals surface area contributed by atoms with Gasteiger partial charge in [0, 0.05) is 0 Å². The molecule has 0 N–H and O–H groups in total. The van der Waals surface area contributed by atoms with E-state index in [4.69, 9.17) is 0 Å². The smallest absolute Gasteiger partial charge is 0.118 e. The maximum Gasteiger partial charge on any atom is 0.118 e. The molecule has 2 nitrogen and oxygen atoms in total. The first-order chi connectivity index (χ1) is 8.22. The van der Waals surface area contributed by atoms with E-state index < -0.39 is 0 Å². The molecule has 1 aromatic carbocycles. The molecule has 3 rings (SSSR count). The van der Waals surface area contributed by atoms with Gasteiger partial charge in [-0.1, -0.05) is 25.1 Å². The second-order valence-electron chi connectivity index (χ2n) is 5.67. The fraction of sp³-hybridized carbons (Fsp3) is 0.600. The lowest BCUT2D eigenvalue weighted by molar-refractivity contribution is 0.692. The largest absolute Gasteiger partial charge is 0.150 e. The van der Waals surface area contributed by atoms with Crippen LogP contribution in [0.1, 0.15) is 66.5 Å². The summed E-state index contributed by atoms with van der Waals surface area (Å²) in [6, 6.07) is 2.28. The fourth-order valence-corrected chi connectivity index (χ4v) is 3.66. The average molecular weight is 229 g/mol. The number of nitrogens with zero attached hydrogens (tertiary/aromatic N) is 1. The number of nitroso groups, excluding NO2 is 1. The fourth-order valence-electron chi connectivity index (χ4n) is 3.66. The molecule has 0 bridgehead atoms. The van der Waals surface area contributed by atoms with Crippen LogP contribution in [0.4, 0.5) is 0 Å². The highest BCUT2D eigenvalue weighted by atomic mass is 16.3. The average Bonchev–Trinajstić information content (AvgIpc) is 2.90. The van der Waals surface area contributed by atoms with Gasteiger partial charge in [-0.05, 0) is 65.8 Å². The van der Waals surface area contributed by atoms with E-state index in [1.807, 2.05) is 0 Å². The Morgan fingerprint density at radius 2 is 2.06 bits per heavy atom. The second-order valence-corrected chi connectivity index (χ2v) is 5.67. The summed E-state index contributed by atoms with van der Waals surface area (Å²) in [5, 5.41) is 3.35. The molecular weight excluding hydrogens is 210 g/mol. The highest BCUT2D eigenvalue weighted by Crippen LogP contribution is 2.44. The van der Waals surface area contributed by atoms with Crippen LogP contribution < -0.4 is 0 Å². The van der Waals surface area contributed by atoms with E-state index in [0.29, 0.717) is 5.92 Å². The van der Waals surface area contributed by atoms with E-state index in [1.165, 1.54) is 41.5 Å².